The van der Waals surface area contributed by atoms with Crippen molar-refractivity contribution in [1.82, 2.24) is 0 Å². The lowest BCUT2D eigenvalue weighted by Crippen LogP contribution is -2.37. The van der Waals surface area contributed by atoms with E-state index in [9.17, 15) is 5.26 Å². The van der Waals surface area contributed by atoms with Crippen LogP contribution in [0.1, 0.15) is 5.56 Å². The standard InChI is InChI=1S/C14H18N4O/c1-17-3-2-16-12-8-11(10-15)13(9-14(12)17)18-4-6-19-7-5-18/h8-9,16H,2-7H2,1H3. The third kappa shape index (κ3) is 2.20. The summed E-state index contributed by atoms with van der Waals surface area (Å²) in [4.78, 5) is 4.47. The Balaban J connectivity index is 2.02. The summed E-state index contributed by atoms with van der Waals surface area (Å²) < 4.78 is 5.38. The minimum atomic E-state index is 0.732. The fourth-order valence-electron chi connectivity index (χ4n) is 2.67. The van der Waals surface area contributed by atoms with E-state index in [0.717, 1.165) is 56.3 Å². The number of nitriles is 1. The van der Waals surface area contributed by atoms with Crippen molar-refractivity contribution in [2.75, 3.05) is 61.6 Å². The van der Waals surface area contributed by atoms with Crippen LogP contribution in [0, 0.1) is 11.3 Å². The van der Waals surface area contributed by atoms with Gasteiger partial charge in [0.05, 0.1) is 35.8 Å². The second-order valence-corrected chi connectivity index (χ2v) is 4.95. The highest BCUT2D eigenvalue weighted by atomic mass is 16.5. The molecule has 0 unspecified atom stereocenters. The molecule has 2 aliphatic heterocycles. The van der Waals surface area contributed by atoms with Crippen molar-refractivity contribution in [3.05, 3.63) is 17.7 Å². The minimum absolute atomic E-state index is 0.732. The molecule has 5 nitrogen and oxygen atoms in total. The molecule has 19 heavy (non-hydrogen) atoms. The van der Waals surface area contributed by atoms with E-state index in [0.29, 0.717) is 0 Å². The molecular weight excluding hydrogens is 240 g/mol. The summed E-state index contributed by atoms with van der Waals surface area (Å²) in [6.45, 7) is 5.08. The largest absolute Gasteiger partial charge is 0.382 e. The van der Waals surface area contributed by atoms with Crippen LogP contribution in [0.4, 0.5) is 17.1 Å². The molecular formula is C14H18N4O. The summed E-state index contributed by atoms with van der Waals surface area (Å²) in [7, 11) is 2.09. The molecule has 1 aromatic carbocycles. The predicted molar refractivity (Wildman–Crippen MR) is 75.9 cm³/mol. The van der Waals surface area contributed by atoms with Gasteiger partial charge in [-0.25, -0.2) is 0 Å². The van der Waals surface area contributed by atoms with Gasteiger partial charge in [0.25, 0.3) is 0 Å². The van der Waals surface area contributed by atoms with Crippen LogP contribution >= 0.6 is 0 Å². The topological polar surface area (TPSA) is 51.5 Å². The third-order valence-electron chi connectivity index (χ3n) is 3.76. The molecule has 0 amide bonds. The highest BCUT2D eigenvalue weighted by Crippen LogP contribution is 2.35. The van der Waals surface area contributed by atoms with Crippen LogP contribution in [0.5, 0.6) is 0 Å². The number of nitrogens with one attached hydrogen (secondary N) is 1. The van der Waals surface area contributed by atoms with Gasteiger partial charge in [0.15, 0.2) is 0 Å². The zero-order chi connectivity index (χ0) is 13.2. The van der Waals surface area contributed by atoms with Gasteiger partial charge in [0, 0.05) is 33.2 Å². The molecule has 1 aromatic rings. The SMILES string of the molecule is CN1CCNc2cc(C#N)c(N3CCOCC3)cc21. The van der Waals surface area contributed by atoms with Gasteiger partial charge < -0.3 is 19.9 Å². The monoisotopic (exact) mass is 258 g/mol. The number of nitrogens with zero attached hydrogens (tertiary/aromatic N) is 3. The van der Waals surface area contributed by atoms with Crippen molar-refractivity contribution in [1.29, 1.82) is 5.26 Å². The number of anilines is 3. The van der Waals surface area contributed by atoms with Crippen LogP contribution in [0.2, 0.25) is 0 Å². The van der Waals surface area contributed by atoms with E-state index in [2.05, 4.69) is 34.3 Å². The molecule has 0 aliphatic carbocycles. The van der Waals surface area contributed by atoms with Gasteiger partial charge in [0.2, 0.25) is 0 Å². The van der Waals surface area contributed by atoms with E-state index < -0.39 is 0 Å². The van der Waals surface area contributed by atoms with Crippen LogP contribution in [0.25, 0.3) is 0 Å². The zero-order valence-electron chi connectivity index (χ0n) is 11.1. The molecule has 1 saturated heterocycles. The number of hydrogen-bond acceptors (Lipinski definition) is 5. The van der Waals surface area contributed by atoms with Gasteiger partial charge >= 0.3 is 0 Å². The van der Waals surface area contributed by atoms with Crippen molar-refractivity contribution < 1.29 is 4.74 Å². The van der Waals surface area contributed by atoms with Crippen LogP contribution in [-0.4, -0.2) is 46.4 Å². The van der Waals surface area contributed by atoms with E-state index in [1.165, 1.54) is 5.69 Å². The average molecular weight is 258 g/mol. The molecule has 0 saturated carbocycles. The summed E-state index contributed by atoms with van der Waals surface area (Å²) in [6, 6.07) is 6.42. The smallest absolute Gasteiger partial charge is 0.101 e. The fraction of sp³-hybridized carbons (Fsp3) is 0.500. The molecule has 0 bridgehead atoms. The van der Waals surface area contributed by atoms with E-state index >= 15 is 0 Å². The number of fused-ring (bicyclic) bond motifs is 1. The first-order chi connectivity index (χ1) is 9.29. The van der Waals surface area contributed by atoms with Gasteiger partial charge in [-0.2, -0.15) is 5.26 Å². The van der Waals surface area contributed by atoms with E-state index in [1.807, 2.05) is 6.07 Å². The summed E-state index contributed by atoms with van der Waals surface area (Å²) in [5.74, 6) is 0. The lowest BCUT2D eigenvalue weighted by Gasteiger charge is -2.33. The first-order valence-electron chi connectivity index (χ1n) is 6.65. The van der Waals surface area contributed by atoms with Gasteiger partial charge in [-0.3, -0.25) is 0 Å². The molecule has 3 rings (SSSR count). The van der Waals surface area contributed by atoms with E-state index in [1.54, 1.807) is 0 Å². The highest BCUT2D eigenvalue weighted by molar-refractivity contribution is 5.80. The van der Waals surface area contributed by atoms with E-state index in [4.69, 9.17) is 4.74 Å². The van der Waals surface area contributed by atoms with Gasteiger partial charge in [0.1, 0.15) is 6.07 Å². The number of morpholine rings is 1. The van der Waals surface area contributed by atoms with Gasteiger partial charge in [-0.1, -0.05) is 0 Å². The Bertz CT molecular complexity index is 517. The van der Waals surface area contributed by atoms with Gasteiger partial charge in [-0.05, 0) is 12.1 Å². The molecule has 1 fully saturated rings. The Morgan fingerprint density at radius 3 is 2.74 bits per heavy atom. The maximum atomic E-state index is 9.37. The Morgan fingerprint density at radius 2 is 2.00 bits per heavy atom. The number of hydrogen-bond donors (Lipinski definition) is 1. The molecule has 2 heterocycles. The molecule has 0 aromatic heterocycles. The fourth-order valence-corrected chi connectivity index (χ4v) is 2.67. The van der Waals surface area contributed by atoms with Crippen molar-refractivity contribution >= 4 is 17.1 Å². The lowest BCUT2D eigenvalue weighted by atomic mass is 10.1. The summed E-state index contributed by atoms with van der Waals surface area (Å²) in [5.41, 5.74) is 4.00. The molecule has 0 atom stereocenters. The minimum Gasteiger partial charge on any atom is -0.382 e. The Hall–Kier alpha value is -1.93. The summed E-state index contributed by atoms with van der Waals surface area (Å²) in [6.07, 6.45) is 0. The highest BCUT2D eigenvalue weighted by Gasteiger charge is 2.20. The number of rotatable bonds is 1. The van der Waals surface area contributed by atoms with Gasteiger partial charge in [-0.15, -0.1) is 0 Å². The maximum Gasteiger partial charge on any atom is 0.101 e. The Morgan fingerprint density at radius 1 is 1.21 bits per heavy atom. The molecule has 1 N–H and O–H groups in total. The lowest BCUT2D eigenvalue weighted by molar-refractivity contribution is 0.122. The van der Waals surface area contributed by atoms with Crippen molar-refractivity contribution in [2.24, 2.45) is 0 Å². The second kappa shape index (κ2) is 4.98. The summed E-state index contributed by atoms with van der Waals surface area (Å²) in [5, 5.41) is 12.7. The van der Waals surface area contributed by atoms with Crippen LogP contribution in [-0.2, 0) is 4.74 Å². The number of likely N-dealkylation sites (N-methyl/N-ethyl adjacent to an activating group) is 1. The maximum absolute atomic E-state index is 9.37. The second-order valence-electron chi connectivity index (χ2n) is 4.95. The quantitative estimate of drug-likeness (QED) is 0.821. The molecule has 100 valence electrons. The molecule has 0 radical (unpaired) electrons. The van der Waals surface area contributed by atoms with E-state index in [-0.39, 0.29) is 0 Å². The predicted octanol–water partition coefficient (Wildman–Crippen LogP) is 1.26. The third-order valence-corrected chi connectivity index (χ3v) is 3.76. The number of ether oxygens (including phenoxy) is 1. The molecule has 2 aliphatic rings. The van der Waals surface area contributed by atoms with Crippen LogP contribution in [0.15, 0.2) is 12.1 Å². The molecule has 0 spiro atoms. The van der Waals surface area contributed by atoms with Crippen molar-refractivity contribution in [3.8, 4) is 6.07 Å². The normalized spacial score (nSPS) is 18.5. The Kier molecular flexibility index (Phi) is 3.18. The first kappa shape index (κ1) is 12.1. The molecule has 5 heteroatoms. The first-order valence-corrected chi connectivity index (χ1v) is 6.65. The van der Waals surface area contributed by atoms with Crippen molar-refractivity contribution in [3.63, 3.8) is 0 Å². The Labute approximate surface area is 113 Å². The average Bonchev–Trinajstić information content (AvgIpc) is 2.47. The number of benzene rings is 1. The summed E-state index contributed by atoms with van der Waals surface area (Å²) >= 11 is 0. The van der Waals surface area contributed by atoms with Crippen LogP contribution in [0.3, 0.4) is 0 Å². The van der Waals surface area contributed by atoms with Crippen molar-refractivity contribution in [2.45, 2.75) is 0 Å². The van der Waals surface area contributed by atoms with Crippen LogP contribution < -0.4 is 15.1 Å². The zero-order valence-corrected chi connectivity index (χ0v) is 11.1.